The number of aromatic nitrogens is 1. The van der Waals surface area contributed by atoms with Gasteiger partial charge in [-0.2, -0.15) is 17.0 Å². The SMILES string of the molecule is CC1(C)Cc2c(c(N3CCNCC3)[nH]c(=S)c2C#N)CS1. The lowest BCUT2D eigenvalue weighted by Gasteiger charge is -2.36. The Morgan fingerprint density at radius 3 is 2.67 bits per heavy atom. The zero-order valence-corrected chi connectivity index (χ0v) is 14.1. The molecule has 0 radical (unpaired) electrons. The Morgan fingerprint density at radius 1 is 1.29 bits per heavy atom. The van der Waals surface area contributed by atoms with Crippen LogP contribution < -0.4 is 10.2 Å². The van der Waals surface area contributed by atoms with Crippen LogP contribution in [0.5, 0.6) is 0 Å². The highest BCUT2D eigenvalue weighted by atomic mass is 32.2. The van der Waals surface area contributed by atoms with Gasteiger partial charge in [0.05, 0.1) is 5.56 Å². The van der Waals surface area contributed by atoms with Gasteiger partial charge in [-0.25, -0.2) is 0 Å². The number of fused-ring (bicyclic) bond motifs is 1. The highest BCUT2D eigenvalue weighted by molar-refractivity contribution is 7.99. The average molecular weight is 320 g/mol. The molecule has 1 aromatic rings. The fourth-order valence-electron chi connectivity index (χ4n) is 3.05. The Bertz CT molecular complexity index is 651. The van der Waals surface area contributed by atoms with E-state index in [4.69, 9.17) is 12.2 Å². The van der Waals surface area contributed by atoms with Gasteiger partial charge in [0.25, 0.3) is 0 Å². The summed E-state index contributed by atoms with van der Waals surface area (Å²) >= 11 is 7.40. The van der Waals surface area contributed by atoms with Crippen molar-refractivity contribution < 1.29 is 0 Å². The predicted molar refractivity (Wildman–Crippen MR) is 90.5 cm³/mol. The molecule has 0 aliphatic carbocycles. The molecule has 4 nitrogen and oxygen atoms in total. The standard InChI is InChI=1S/C15H20N4S2/c1-15(2)7-10-11(8-16)14(20)18-13(12(10)9-21-15)19-5-3-17-4-6-19/h17H,3-7,9H2,1-2H3,(H,18,20). The normalized spacial score (nSPS) is 20.7. The van der Waals surface area contributed by atoms with Crippen LogP contribution in [0, 0.1) is 16.0 Å². The maximum Gasteiger partial charge on any atom is 0.123 e. The zero-order valence-electron chi connectivity index (χ0n) is 12.5. The Kier molecular flexibility index (Phi) is 4.00. The third-order valence-corrected chi connectivity index (χ3v) is 5.83. The molecule has 3 heterocycles. The van der Waals surface area contributed by atoms with Crippen molar-refractivity contribution in [3.8, 4) is 6.07 Å². The van der Waals surface area contributed by atoms with Gasteiger partial charge >= 0.3 is 0 Å². The number of thioether (sulfide) groups is 1. The molecule has 0 saturated carbocycles. The maximum atomic E-state index is 9.48. The summed E-state index contributed by atoms with van der Waals surface area (Å²) in [5.41, 5.74) is 3.12. The van der Waals surface area contributed by atoms with Crippen LogP contribution in [-0.2, 0) is 12.2 Å². The Labute approximate surface area is 134 Å². The van der Waals surface area contributed by atoms with E-state index in [1.54, 1.807) is 0 Å². The molecule has 0 unspecified atom stereocenters. The van der Waals surface area contributed by atoms with Gasteiger partial charge in [-0.1, -0.05) is 26.1 Å². The van der Waals surface area contributed by atoms with Crippen LogP contribution in [0.1, 0.15) is 30.5 Å². The van der Waals surface area contributed by atoms with E-state index in [1.807, 2.05) is 11.8 Å². The maximum absolute atomic E-state index is 9.48. The lowest BCUT2D eigenvalue weighted by molar-refractivity contribution is 0.582. The number of H-pyrrole nitrogens is 1. The Hall–Kier alpha value is -1.03. The van der Waals surface area contributed by atoms with E-state index < -0.39 is 0 Å². The lowest BCUT2D eigenvalue weighted by atomic mass is 9.94. The van der Waals surface area contributed by atoms with Gasteiger partial charge in [-0.3, -0.25) is 0 Å². The van der Waals surface area contributed by atoms with Gasteiger partial charge in [-0.15, -0.1) is 0 Å². The van der Waals surface area contributed by atoms with Gasteiger partial charge in [0.1, 0.15) is 16.5 Å². The molecule has 2 aliphatic rings. The van der Waals surface area contributed by atoms with E-state index in [2.05, 4.69) is 35.1 Å². The molecule has 0 atom stereocenters. The number of anilines is 1. The molecule has 0 amide bonds. The largest absolute Gasteiger partial charge is 0.355 e. The second-order valence-corrected chi connectivity index (χ2v) is 8.30. The number of pyridine rings is 1. The molecular weight excluding hydrogens is 300 g/mol. The van der Waals surface area contributed by atoms with E-state index in [0.717, 1.165) is 44.2 Å². The first-order valence-electron chi connectivity index (χ1n) is 7.29. The molecule has 1 fully saturated rings. The molecule has 0 aromatic carbocycles. The number of nitrogens with one attached hydrogen (secondary N) is 2. The van der Waals surface area contributed by atoms with Crippen molar-refractivity contribution in [1.82, 2.24) is 10.3 Å². The number of nitriles is 1. The van der Waals surface area contributed by atoms with E-state index in [-0.39, 0.29) is 4.75 Å². The van der Waals surface area contributed by atoms with Crippen molar-refractivity contribution >= 4 is 29.8 Å². The molecule has 6 heteroatoms. The molecule has 21 heavy (non-hydrogen) atoms. The van der Waals surface area contributed by atoms with Gasteiger partial charge in [0.15, 0.2) is 0 Å². The first kappa shape index (κ1) is 14.9. The predicted octanol–water partition coefficient (Wildman–Crippen LogP) is 2.59. The zero-order chi connectivity index (χ0) is 15.0. The molecule has 112 valence electrons. The Morgan fingerprint density at radius 2 is 2.00 bits per heavy atom. The summed E-state index contributed by atoms with van der Waals surface area (Å²) in [5, 5.41) is 12.9. The smallest absolute Gasteiger partial charge is 0.123 e. The second-order valence-electron chi connectivity index (χ2n) is 6.21. The van der Waals surface area contributed by atoms with Gasteiger partial charge in [0, 0.05) is 42.2 Å². The number of nitrogens with zero attached hydrogens (tertiary/aromatic N) is 2. The summed E-state index contributed by atoms with van der Waals surface area (Å²) in [4.78, 5) is 5.70. The first-order chi connectivity index (χ1) is 10.0. The molecule has 2 aliphatic heterocycles. The van der Waals surface area contributed by atoms with Crippen molar-refractivity contribution in [3.05, 3.63) is 21.3 Å². The summed E-state index contributed by atoms with van der Waals surface area (Å²) in [5.74, 6) is 2.08. The fourth-order valence-corrected chi connectivity index (χ4v) is 4.41. The molecular formula is C15H20N4S2. The summed E-state index contributed by atoms with van der Waals surface area (Å²) in [7, 11) is 0. The minimum Gasteiger partial charge on any atom is -0.355 e. The van der Waals surface area contributed by atoms with Crippen LogP contribution in [0.15, 0.2) is 0 Å². The highest BCUT2D eigenvalue weighted by Crippen LogP contribution is 2.42. The first-order valence-corrected chi connectivity index (χ1v) is 8.69. The van der Waals surface area contributed by atoms with Crippen molar-refractivity contribution in [2.45, 2.75) is 30.8 Å². The number of hydrogen-bond donors (Lipinski definition) is 2. The van der Waals surface area contributed by atoms with Gasteiger partial charge < -0.3 is 15.2 Å². The summed E-state index contributed by atoms with van der Waals surface area (Å²) in [6.07, 6.45) is 0.910. The topological polar surface area (TPSA) is 54.8 Å². The number of piperazine rings is 1. The van der Waals surface area contributed by atoms with Gasteiger partial charge in [0.2, 0.25) is 0 Å². The summed E-state index contributed by atoms with van der Waals surface area (Å²) in [6, 6.07) is 2.32. The van der Waals surface area contributed by atoms with Crippen LogP contribution in [-0.4, -0.2) is 35.9 Å². The van der Waals surface area contributed by atoms with Crippen LogP contribution >= 0.6 is 24.0 Å². The molecule has 0 bridgehead atoms. The number of hydrogen-bond acceptors (Lipinski definition) is 5. The van der Waals surface area contributed by atoms with Crippen LogP contribution in [0.2, 0.25) is 0 Å². The van der Waals surface area contributed by atoms with E-state index >= 15 is 0 Å². The fraction of sp³-hybridized carbons (Fsp3) is 0.600. The average Bonchev–Trinajstić information content (AvgIpc) is 2.46. The second kappa shape index (κ2) is 5.64. The number of aromatic amines is 1. The van der Waals surface area contributed by atoms with Crippen molar-refractivity contribution in [1.29, 1.82) is 5.26 Å². The monoisotopic (exact) mass is 320 g/mol. The van der Waals surface area contributed by atoms with Gasteiger partial charge in [-0.05, 0) is 12.0 Å². The minimum absolute atomic E-state index is 0.169. The molecule has 1 saturated heterocycles. The van der Waals surface area contributed by atoms with Crippen LogP contribution in [0.3, 0.4) is 0 Å². The lowest BCUT2D eigenvalue weighted by Crippen LogP contribution is -2.44. The van der Waals surface area contributed by atoms with E-state index in [1.165, 1.54) is 11.1 Å². The molecule has 0 spiro atoms. The van der Waals surface area contributed by atoms with Crippen molar-refractivity contribution in [2.24, 2.45) is 0 Å². The molecule has 1 aromatic heterocycles. The summed E-state index contributed by atoms with van der Waals surface area (Å²) in [6.45, 7) is 8.44. The quantitative estimate of drug-likeness (QED) is 0.779. The molecule has 2 N–H and O–H groups in total. The van der Waals surface area contributed by atoms with Crippen molar-refractivity contribution in [2.75, 3.05) is 31.1 Å². The highest BCUT2D eigenvalue weighted by Gasteiger charge is 2.31. The van der Waals surface area contributed by atoms with Crippen LogP contribution in [0.4, 0.5) is 5.82 Å². The minimum atomic E-state index is 0.169. The number of rotatable bonds is 1. The molecule has 3 rings (SSSR count). The van der Waals surface area contributed by atoms with E-state index in [0.29, 0.717) is 10.2 Å². The Balaban J connectivity index is 2.13. The van der Waals surface area contributed by atoms with Crippen molar-refractivity contribution in [3.63, 3.8) is 0 Å². The summed E-state index contributed by atoms with van der Waals surface area (Å²) < 4.78 is 0.759. The van der Waals surface area contributed by atoms with E-state index in [9.17, 15) is 5.26 Å². The third-order valence-electron chi connectivity index (χ3n) is 4.17. The van der Waals surface area contributed by atoms with Crippen LogP contribution in [0.25, 0.3) is 0 Å². The third kappa shape index (κ3) is 2.83.